The van der Waals surface area contributed by atoms with Crippen molar-refractivity contribution in [2.45, 2.75) is 18.7 Å². The zero-order chi connectivity index (χ0) is 4.28. The molecule has 0 saturated heterocycles. The van der Waals surface area contributed by atoms with Gasteiger partial charge in [0.15, 0.2) is 0 Å². The Labute approximate surface area is 46.2 Å². The van der Waals surface area contributed by atoms with Crippen molar-refractivity contribution in [3.05, 3.63) is 0 Å². The molecule has 0 N–H and O–H groups in total. The summed E-state index contributed by atoms with van der Waals surface area (Å²) in [5, 5.41) is 0. The van der Waals surface area contributed by atoms with Crippen LogP contribution in [-0.2, 0) is 0 Å². The molecule has 0 heterocycles. The molecule has 0 saturated carbocycles. The maximum absolute atomic E-state index is 2.63. The van der Waals surface area contributed by atoms with Crippen molar-refractivity contribution in [1.82, 2.24) is 0 Å². The van der Waals surface area contributed by atoms with E-state index in [1.54, 1.807) is 0 Å². The van der Waals surface area contributed by atoms with Gasteiger partial charge in [-0.3, -0.25) is 0 Å². The van der Waals surface area contributed by atoms with Crippen LogP contribution in [0.1, 0.15) is 13.8 Å². The molecule has 2 heteroatoms. The molecular formula is C3H8Se2. The molecule has 0 aromatic heterocycles. The van der Waals surface area contributed by atoms with E-state index in [1.165, 1.54) is 0 Å². The van der Waals surface area contributed by atoms with Gasteiger partial charge in [-0.15, -0.1) is 0 Å². The summed E-state index contributed by atoms with van der Waals surface area (Å²) in [4.78, 5) is 0.919. The van der Waals surface area contributed by atoms with Gasteiger partial charge in [-0.1, -0.05) is 0 Å². The molecule has 0 spiro atoms. The molecule has 0 bridgehead atoms. The quantitative estimate of drug-likeness (QED) is 0.537. The molecule has 0 nitrogen and oxygen atoms in total. The third-order valence-corrected chi connectivity index (χ3v) is 5.69. The third kappa shape index (κ3) is 5.04. The number of rotatable bonds is 1. The molecule has 5 heavy (non-hydrogen) atoms. The first-order valence-corrected chi connectivity index (χ1v) is 7.31. The van der Waals surface area contributed by atoms with Gasteiger partial charge in [0.1, 0.15) is 0 Å². The Morgan fingerprint density at radius 3 is 1.80 bits per heavy atom. The summed E-state index contributed by atoms with van der Waals surface area (Å²) in [6.45, 7) is 4.47. The van der Waals surface area contributed by atoms with Crippen LogP contribution in [0.15, 0.2) is 0 Å². The van der Waals surface area contributed by atoms with Crippen LogP contribution >= 0.6 is 0 Å². The topological polar surface area (TPSA) is 0 Å². The Morgan fingerprint density at radius 2 is 1.80 bits per heavy atom. The molecule has 32 valence electrons. The minimum atomic E-state index is 0.812. The van der Waals surface area contributed by atoms with Gasteiger partial charge >= 0.3 is 46.0 Å². The molecule has 0 fully saturated rings. The van der Waals surface area contributed by atoms with E-state index in [4.69, 9.17) is 0 Å². The SMILES string of the molecule is CC(C)[Se][SeH]. The van der Waals surface area contributed by atoms with Crippen molar-refractivity contribution < 1.29 is 0 Å². The van der Waals surface area contributed by atoms with E-state index in [9.17, 15) is 0 Å². The summed E-state index contributed by atoms with van der Waals surface area (Å²) < 4.78 is 0. The van der Waals surface area contributed by atoms with E-state index < -0.39 is 0 Å². The summed E-state index contributed by atoms with van der Waals surface area (Å²) in [6, 6.07) is 0. The van der Waals surface area contributed by atoms with E-state index in [-0.39, 0.29) is 0 Å². The molecule has 0 aromatic carbocycles. The molecule has 0 amide bonds. The number of hydrogen-bond acceptors (Lipinski definition) is 0. The van der Waals surface area contributed by atoms with Gasteiger partial charge < -0.3 is 0 Å². The second-order valence-electron chi connectivity index (χ2n) is 1.15. The molecule has 0 aliphatic rings. The molecule has 0 aliphatic carbocycles. The predicted molar refractivity (Wildman–Crippen MR) is 28.0 cm³/mol. The van der Waals surface area contributed by atoms with Crippen molar-refractivity contribution in [2.75, 3.05) is 0 Å². The zero-order valence-electron chi connectivity index (χ0n) is 3.43. The van der Waals surface area contributed by atoms with Crippen molar-refractivity contribution in [2.24, 2.45) is 0 Å². The normalized spacial score (nSPS) is 9.60. The van der Waals surface area contributed by atoms with Gasteiger partial charge in [0.05, 0.1) is 0 Å². The fraction of sp³-hybridized carbons (Fsp3) is 1.00. The molecule has 0 atom stereocenters. The number of hydrogen-bond donors (Lipinski definition) is 0. The second-order valence-corrected chi connectivity index (χ2v) is 5.87. The van der Waals surface area contributed by atoms with Gasteiger partial charge in [-0.25, -0.2) is 0 Å². The van der Waals surface area contributed by atoms with Crippen LogP contribution in [0.4, 0.5) is 0 Å². The Balaban J connectivity index is 2.54. The Morgan fingerprint density at radius 1 is 1.60 bits per heavy atom. The van der Waals surface area contributed by atoms with E-state index in [2.05, 4.69) is 28.0 Å². The van der Waals surface area contributed by atoms with Crippen LogP contribution in [0, 0.1) is 0 Å². The van der Waals surface area contributed by atoms with E-state index in [0.717, 1.165) is 17.9 Å². The first-order chi connectivity index (χ1) is 2.27. The molecule has 0 rings (SSSR count). The maximum atomic E-state index is 2.63. The molecular weight excluding hydrogens is 194 g/mol. The fourth-order valence-electron chi connectivity index (χ4n) is 0. The zero-order valence-corrected chi connectivity index (χ0v) is 7.02. The van der Waals surface area contributed by atoms with Crippen molar-refractivity contribution in [3.8, 4) is 0 Å². The average molecular weight is 202 g/mol. The summed E-state index contributed by atoms with van der Waals surface area (Å²) in [5.41, 5.74) is 0. The molecule has 0 radical (unpaired) electrons. The molecule has 0 aromatic rings. The monoisotopic (exact) mass is 204 g/mol. The van der Waals surface area contributed by atoms with E-state index in [1.807, 2.05) is 0 Å². The summed E-state index contributed by atoms with van der Waals surface area (Å²) in [5.74, 6) is 0. The van der Waals surface area contributed by atoms with Crippen molar-refractivity contribution in [1.29, 1.82) is 0 Å². The van der Waals surface area contributed by atoms with Crippen molar-refractivity contribution in [3.63, 3.8) is 0 Å². The Bertz CT molecular complexity index is 18.9. The van der Waals surface area contributed by atoms with Crippen molar-refractivity contribution >= 4 is 27.3 Å². The molecule has 0 unspecified atom stereocenters. The van der Waals surface area contributed by atoms with Crippen LogP contribution in [-0.4, -0.2) is 27.3 Å². The first-order valence-electron chi connectivity index (χ1n) is 1.57. The van der Waals surface area contributed by atoms with Crippen LogP contribution in [0.5, 0.6) is 0 Å². The predicted octanol–water partition coefficient (Wildman–Crippen LogP) is 0.335. The van der Waals surface area contributed by atoms with Crippen LogP contribution in [0.25, 0.3) is 0 Å². The Hall–Kier alpha value is 1.04. The van der Waals surface area contributed by atoms with E-state index in [0.29, 0.717) is 0 Å². The average Bonchev–Trinajstić information content (AvgIpc) is 1.38. The fourth-order valence-corrected chi connectivity index (χ4v) is 0. The summed E-state index contributed by atoms with van der Waals surface area (Å²) in [6.07, 6.45) is 0. The van der Waals surface area contributed by atoms with Gasteiger partial charge in [0.2, 0.25) is 0 Å². The molecule has 0 aliphatic heterocycles. The van der Waals surface area contributed by atoms with Crippen LogP contribution in [0.3, 0.4) is 0 Å². The van der Waals surface area contributed by atoms with Gasteiger partial charge in [0, 0.05) is 0 Å². The Kier molecular flexibility index (Phi) is 3.91. The summed E-state index contributed by atoms with van der Waals surface area (Å²) in [7, 11) is 0. The standard InChI is InChI=1S/C3H8Se2/c1-3(2)5-4/h3-4H,1-2H3. The minimum absolute atomic E-state index is 0.812. The van der Waals surface area contributed by atoms with E-state index >= 15 is 0 Å². The third-order valence-electron chi connectivity index (χ3n) is 0.211. The first kappa shape index (κ1) is 6.04. The van der Waals surface area contributed by atoms with Gasteiger partial charge in [-0.2, -0.15) is 0 Å². The second kappa shape index (κ2) is 3.24. The van der Waals surface area contributed by atoms with Gasteiger partial charge in [0.25, 0.3) is 0 Å². The van der Waals surface area contributed by atoms with Gasteiger partial charge in [-0.05, 0) is 0 Å². The van der Waals surface area contributed by atoms with Crippen LogP contribution < -0.4 is 0 Å². The van der Waals surface area contributed by atoms with Crippen LogP contribution in [0.2, 0.25) is 4.82 Å². The summed E-state index contributed by atoms with van der Waals surface area (Å²) >= 11 is 3.45.